The molecular weight excluding hydrogens is 244 g/mol. The van der Waals surface area contributed by atoms with Crippen LogP contribution in [0.4, 0.5) is 4.79 Å². The molecule has 0 spiro atoms. The summed E-state index contributed by atoms with van der Waals surface area (Å²) < 4.78 is 31.1. The molecule has 0 bridgehead atoms. The van der Waals surface area contributed by atoms with Crippen molar-refractivity contribution in [3.63, 3.8) is 0 Å². The summed E-state index contributed by atoms with van der Waals surface area (Å²) in [7, 11) is -3.80. The molecule has 2 rings (SSSR count). The molecule has 1 aliphatic rings. The second-order valence-corrected chi connectivity index (χ2v) is 5.18. The Bertz CT molecular complexity index is 500. The van der Waals surface area contributed by atoms with E-state index in [1.165, 1.54) is 0 Å². The van der Waals surface area contributed by atoms with Gasteiger partial charge in [-0.1, -0.05) is 30.3 Å². The predicted octanol–water partition coefficient (Wildman–Crippen LogP) is 0.473. The number of ether oxygens (including phenoxy) is 1. The van der Waals surface area contributed by atoms with Crippen molar-refractivity contribution < 1.29 is 17.9 Å². The molecule has 6 nitrogen and oxygen atoms in total. The van der Waals surface area contributed by atoms with E-state index in [0.29, 0.717) is 4.31 Å². The first-order valence-electron chi connectivity index (χ1n) is 5.07. The Morgan fingerprint density at radius 3 is 2.59 bits per heavy atom. The SMILES string of the molecule is O=C1OCCN1S(=O)(=O)NCc1ccccc1. The summed E-state index contributed by atoms with van der Waals surface area (Å²) in [5.41, 5.74) is 0.823. The van der Waals surface area contributed by atoms with Gasteiger partial charge in [0.1, 0.15) is 6.61 Å². The van der Waals surface area contributed by atoms with Crippen molar-refractivity contribution in [1.29, 1.82) is 0 Å². The summed E-state index contributed by atoms with van der Waals surface area (Å²) in [6.45, 7) is 0.307. The van der Waals surface area contributed by atoms with Gasteiger partial charge in [-0.15, -0.1) is 0 Å². The van der Waals surface area contributed by atoms with E-state index in [0.717, 1.165) is 5.56 Å². The van der Waals surface area contributed by atoms with Crippen LogP contribution in [0.1, 0.15) is 5.56 Å². The van der Waals surface area contributed by atoms with Gasteiger partial charge in [-0.3, -0.25) is 0 Å². The van der Waals surface area contributed by atoms with Gasteiger partial charge in [0.15, 0.2) is 0 Å². The lowest BCUT2D eigenvalue weighted by atomic mass is 10.2. The van der Waals surface area contributed by atoms with Gasteiger partial charge in [0.2, 0.25) is 0 Å². The maximum absolute atomic E-state index is 11.7. The summed E-state index contributed by atoms with van der Waals surface area (Å²) in [6, 6.07) is 9.06. The number of rotatable bonds is 4. The zero-order chi connectivity index (χ0) is 12.3. The Morgan fingerprint density at radius 1 is 1.29 bits per heavy atom. The zero-order valence-electron chi connectivity index (χ0n) is 9.00. The number of benzene rings is 1. The highest BCUT2D eigenvalue weighted by Crippen LogP contribution is 2.09. The van der Waals surface area contributed by atoms with E-state index >= 15 is 0 Å². The highest BCUT2D eigenvalue weighted by Gasteiger charge is 2.32. The Morgan fingerprint density at radius 2 is 2.00 bits per heavy atom. The molecule has 0 saturated carbocycles. The third kappa shape index (κ3) is 2.75. The monoisotopic (exact) mass is 256 g/mol. The van der Waals surface area contributed by atoms with E-state index in [4.69, 9.17) is 0 Å². The van der Waals surface area contributed by atoms with Crippen LogP contribution in [-0.2, 0) is 21.5 Å². The topological polar surface area (TPSA) is 75.7 Å². The highest BCUT2D eigenvalue weighted by molar-refractivity contribution is 7.87. The number of nitrogens with one attached hydrogen (secondary N) is 1. The van der Waals surface area contributed by atoms with Crippen molar-refractivity contribution in [2.45, 2.75) is 6.54 Å². The molecule has 92 valence electrons. The molecule has 1 heterocycles. The van der Waals surface area contributed by atoms with Gasteiger partial charge in [-0.05, 0) is 5.56 Å². The third-order valence-electron chi connectivity index (χ3n) is 2.32. The van der Waals surface area contributed by atoms with Crippen LogP contribution < -0.4 is 4.72 Å². The van der Waals surface area contributed by atoms with E-state index in [1.807, 2.05) is 18.2 Å². The minimum Gasteiger partial charge on any atom is -0.447 e. The van der Waals surface area contributed by atoms with Crippen molar-refractivity contribution in [1.82, 2.24) is 9.03 Å². The summed E-state index contributed by atoms with van der Waals surface area (Å²) >= 11 is 0. The molecule has 1 aliphatic heterocycles. The highest BCUT2D eigenvalue weighted by atomic mass is 32.2. The van der Waals surface area contributed by atoms with Crippen molar-refractivity contribution in [3.8, 4) is 0 Å². The van der Waals surface area contributed by atoms with Crippen LogP contribution in [-0.4, -0.2) is 32.0 Å². The van der Waals surface area contributed by atoms with E-state index in [-0.39, 0.29) is 19.7 Å². The van der Waals surface area contributed by atoms with Gasteiger partial charge >= 0.3 is 16.3 Å². The first-order chi connectivity index (χ1) is 8.09. The smallest absolute Gasteiger partial charge is 0.424 e. The Labute approximate surface area is 99.4 Å². The maximum atomic E-state index is 11.7. The fraction of sp³-hybridized carbons (Fsp3) is 0.300. The Hall–Kier alpha value is -1.60. The van der Waals surface area contributed by atoms with Gasteiger partial charge < -0.3 is 4.74 Å². The van der Waals surface area contributed by atoms with E-state index in [1.54, 1.807) is 12.1 Å². The number of cyclic esters (lactones) is 1. The fourth-order valence-electron chi connectivity index (χ4n) is 1.45. The predicted molar refractivity (Wildman–Crippen MR) is 60.3 cm³/mol. The van der Waals surface area contributed by atoms with Crippen LogP contribution in [0.25, 0.3) is 0 Å². The molecule has 0 radical (unpaired) electrons. The molecular formula is C10H12N2O4S. The summed E-state index contributed by atoms with van der Waals surface area (Å²) in [6.07, 6.45) is -0.828. The fourth-order valence-corrected chi connectivity index (χ4v) is 2.51. The van der Waals surface area contributed by atoms with Crippen molar-refractivity contribution in [3.05, 3.63) is 35.9 Å². The lowest BCUT2D eigenvalue weighted by Crippen LogP contribution is -2.40. The lowest BCUT2D eigenvalue weighted by Gasteiger charge is -2.13. The number of hydrogen-bond donors (Lipinski definition) is 1. The first kappa shape index (κ1) is 11.9. The van der Waals surface area contributed by atoms with Crippen LogP contribution in [0.5, 0.6) is 0 Å². The molecule has 1 N–H and O–H groups in total. The molecule has 1 amide bonds. The van der Waals surface area contributed by atoms with Gasteiger partial charge in [-0.25, -0.2) is 4.79 Å². The molecule has 1 aromatic carbocycles. The molecule has 0 aliphatic carbocycles. The summed E-state index contributed by atoms with van der Waals surface area (Å²) in [5.74, 6) is 0. The second kappa shape index (κ2) is 4.72. The molecule has 0 aromatic heterocycles. The van der Waals surface area contributed by atoms with E-state index in [9.17, 15) is 13.2 Å². The number of nitrogens with zero attached hydrogens (tertiary/aromatic N) is 1. The van der Waals surface area contributed by atoms with Gasteiger partial charge in [0.25, 0.3) is 0 Å². The van der Waals surface area contributed by atoms with Gasteiger partial charge in [0.05, 0.1) is 6.54 Å². The number of carbonyl (C=O) groups is 1. The minimum absolute atomic E-state index is 0.0585. The standard InChI is InChI=1S/C10H12N2O4S/c13-10-12(6-7-16-10)17(14,15)11-8-9-4-2-1-3-5-9/h1-5,11H,6-8H2. The van der Waals surface area contributed by atoms with Gasteiger partial charge in [0, 0.05) is 6.54 Å². The van der Waals surface area contributed by atoms with Crippen molar-refractivity contribution >= 4 is 16.3 Å². The minimum atomic E-state index is -3.80. The zero-order valence-corrected chi connectivity index (χ0v) is 9.81. The Balaban J connectivity index is 2.01. The number of hydrogen-bond acceptors (Lipinski definition) is 4. The quantitative estimate of drug-likeness (QED) is 0.849. The van der Waals surface area contributed by atoms with Gasteiger partial charge in [-0.2, -0.15) is 17.4 Å². The maximum Gasteiger partial charge on any atom is 0.424 e. The van der Waals surface area contributed by atoms with E-state index < -0.39 is 16.3 Å². The second-order valence-electron chi connectivity index (χ2n) is 3.50. The molecule has 1 saturated heterocycles. The van der Waals surface area contributed by atoms with Crippen LogP contribution in [0, 0.1) is 0 Å². The van der Waals surface area contributed by atoms with Crippen LogP contribution in [0.15, 0.2) is 30.3 Å². The van der Waals surface area contributed by atoms with E-state index in [2.05, 4.69) is 9.46 Å². The van der Waals surface area contributed by atoms with Crippen LogP contribution >= 0.6 is 0 Å². The molecule has 1 aromatic rings. The number of carbonyl (C=O) groups excluding carboxylic acids is 1. The number of amides is 1. The average molecular weight is 256 g/mol. The molecule has 17 heavy (non-hydrogen) atoms. The average Bonchev–Trinajstić information content (AvgIpc) is 2.75. The molecule has 0 unspecified atom stereocenters. The first-order valence-corrected chi connectivity index (χ1v) is 6.51. The van der Waals surface area contributed by atoms with Crippen molar-refractivity contribution in [2.75, 3.05) is 13.2 Å². The third-order valence-corrected chi connectivity index (χ3v) is 3.74. The molecule has 7 heteroatoms. The van der Waals surface area contributed by atoms with Crippen molar-refractivity contribution in [2.24, 2.45) is 0 Å². The summed E-state index contributed by atoms with van der Waals surface area (Å²) in [5, 5.41) is 0. The summed E-state index contributed by atoms with van der Waals surface area (Å²) in [4.78, 5) is 11.1. The molecule has 0 atom stereocenters. The normalized spacial score (nSPS) is 16.0. The lowest BCUT2D eigenvalue weighted by molar-refractivity contribution is 0.169. The van der Waals surface area contributed by atoms with Crippen LogP contribution in [0.3, 0.4) is 0 Å². The molecule has 1 fully saturated rings. The Kier molecular flexibility index (Phi) is 3.30. The van der Waals surface area contributed by atoms with Crippen LogP contribution in [0.2, 0.25) is 0 Å². The largest absolute Gasteiger partial charge is 0.447 e.